The number of piperazine rings is 1. The van der Waals surface area contributed by atoms with Crippen molar-refractivity contribution >= 4 is 11.6 Å². The number of carbonyl (C=O) groups is 1. The van der Waals surface area contributed by atoms with Crippen molar-refractivity contribution in [1.29, 1.82) is 0 Å². The van der Waals surface area contributed by atoms with Crippen molar-refractivity contribution in [3.63, 3.8) is 0 Å². The molecule has 1 fully saturated rings. The van der Waals surface area contributed by atoms with E-state index in [9.17, 15) is 4.79 Å². The van der Waals surface area contributed by atoms with Gasteiger partial charge in [0.2, 0.25) is 5.91 Å². The van der Waals surface area contributed by atoms with Crippen molar-refractivity contribution < 1.29 is 9.53 Å². The van der Waals surface area contributed by atoms with E-state index in [1.807, 2.05) is 35.2 Å². The highest BCUT2D eigenvalue weighted by Gasteiger charge is 2.22. The number of amides is 1. The molecule has 0 radical (unpaired) electrons. The number of para-hydroxylation sites is 1. The van der Waals surface area contributed by atoms with Crippen LogP contribution in [0, 0.1) is 0 Å². The lowest BCUT2D eigenvalue weighted by molar-refractivity contribution is -0.120. The first-order valence-electron chi connectivity index (χ1n) is 10.4. The molecule has 5 nitrogen and oxygen atoms in total. The molecule has 0 aliphatic carbocycles. The number of fused-ring (bicyclic) bond motifs is 1. The molecule has 2 aromatic rings. The van der Waals surface area contributed by atoms with Crippen LogP contribution in [0.1, 0.15) is 11.1 Å². The fourth-order valence-electron chi connectivity index (χ4n) is 4.07. The fraction of sp³-hybridized carbons (Fsp3) is 0.375. The van der Waals surface area contributed by atoms with Gasteiger partial charge in [-0.1, -0.05) is 36.4 Å². The van der Waals surface area contributed by atoms with Gasteiger partial charge in [0.1, 0.15) is 5.75 Å². The molecule has 0 spiro atoms. The molecule has 4 rings (SSSR count). The van der Waals surface area contributed by atoms with Gasteiger partial charge in [-0.3, -0.25) is 14.6 Å². The van der Waals surface area contributed by atoms with Crippen molar-refractivity contribution in [2.24, 2.45) is 0 Å². The van der Waals surface area contributed by atoms with Gasteiger partial charge >= 0.3 is 0 Å². The summed E-state index contributed by atoms with van der Waals surface area (Å²) < 4.78 is 5.60. The summed E-state index contributed by atoms with van der Waals surface area (Å²) in [6.45, 7) is 10.3. The molecule has 2 aliphatic rings. The Labute approximate surface area is 173 Å². The summed E-state index contributed by atoms with van der Waals surface area (Å²) in [5.41, 5.74) is 3.60. The summed E-state index contributed by atoms with van der Waals surface area (Å²) >= 11 is 0. The van der Waals surface area contributed by atoms with Crippen LogP contribution >= 0.6 is 0 Å². The normalized spacial score (nSPS) is 16.8. The molecule has 0 atom stereocenters. The van der Waals surface area contributed by atoms with E-state index in [-0.39, 0.29) is 5.91 Å². The summed E-state index contributed by atoms with van der Waals surface area (Å²) in [6, 6.07) is 16.4. The highest BCUT2D eigenvalue weighted by atomic mass is 16.5. The number of ether oxygens (including phenoxy) is 1. The van der Waals surface area contributed by atoms with Gasteiger partial charge in [0.15, 0.2) is 0 Å². The second-order valence-electron chi connectivity index (χ2n) is 7.72. The maximum atomic E-state index is 12.9. The molecule has 0 bridgehead atoms. The molecule has 5 heteroatoms. The van der Waals surface area contributed by atoms with Crippen LogP contribution < -0.4 is 9.64 Å². The topological polar surface area (TPSA) is 36.0 Å². The molecule has 1 amide bonds. The molecule has 0 unspecified atom stereocenters. The highest BCUT2D eigenvalue weighted by molar-refractivity contribution is 5.95. The molecular weight excluding hydrogens is 362 g/mol. The van der Waals surface area contributed by atoms with Crippen molar-refractivity contribution in [1.82, 2.24) is 9.80 Å². The number of anilines is 1. The predicted octanol–water partition coefficient (Wildman–Crippen LogP) is 2.96. The minimum atomic E-state index is 0.128. The molecule has 0 saturated carbocycles. The zero-order valence-corrected chi connectivity index (χ0v) is 16.9. The van der Waals surface area contributed by atoms with Crippen LogP contribution in [-0.4, -0.2) is 61.6 Å². The minimum Gasteiger partial charge on any atom is -0.493 e. The third kappa shape index (κ3) is 4.86. The predicted molar refractivity (Wildman–Crippen MR) is 116 cm³/mol. The Morgan fingerprint density at radius 1 is 1.07 bits per heavy atom. The Bertz CT molecular complexity index is 844. The summed E-state index contributed by atoms with van der Waals surface area (Å²) in [6.07, 6.45) is 2.80. The average Bonchev–Trinajstić information content (AvgIpc) is 3.22. The smallest absolute Gasteiger partial charge is 0.241 e. The summed E-state index contributed by atoms with van der Waals surface area (Å²) in [7, 11) is 0. The van der Waals surface area contributed by atoms with E-state index in [2.05, 4.69) is 34.6 Å². The second-order valence-corrected chi connectivity index (χ2v) is 7.72. The Morgan fingerprint density at radius 3 is 2.59 bits per heavy atom. The minimum absolute atomic E-state index is 0.128. The zero-order chi connectivity index (χ0) is 20.1. The summed E-state index contributed by atoms with van der Waals surface area (Å²) in [5.74, 6) is 1.17. The first-order valence-corrected chi connectivity index (χ1v) is 10.4. The van der Waals surface area contributed by atoms with Gasteiger partial charge in [-0.05, 0) is 29.3 Å². The molecular formula is C24H29N3O2. The van der Waals surface area contributed by atoms with Crippen LogP contribution in [0.2, 0.25) is 0 Å². The van der Waals surface area contributed by atoms with E-state index in [0.29, 0.717) is 13.1 Å². The Morgan fingerprint density at radius 2 is 1.83 bits per heavy atom. The lowest BCUT2D eigenvalue weighted by Gasteiger charge is -2.35. The molecule has 2 aliphatic heterocycles. The monoisotopic (exact) mass is 391 g/mol. The second kappa shape index (κ2) is 9.25. The molecule has 152 valence electrons. The molecule has 0 aromatic heterocycles. The van der Waals surface area contributed by atoms with Gasteiger partial charge in [-0.2, -0.15) is 0 Å². The largest absolute Gasteiger partial charge is 0.493 e. The van der Waals surface area contributed by atoms with Gasteiger partial charge in [-0.15, -0.1) is 6.58 Å². The maximum absolute atomic E-state index is 12.9. The fourth-order valence-corrected chi connectivity index (χ4v) is 4.07. The van der Waals surface area contributed by atoms with Crippen LogP contribution in [0.15, 0.2) is 61.2 Å². The molecule has 2 heterocycles. The lowest BCUT2D eigenvalue weighted by atomic mass is 10.1. The molecule has 2 aromatic carbocycles. The summed E-state index contributed by atoms with van der Waals surface area (Å²) in [5, 5.41) is 0. The molecule has 1 saturated heterocycles. The molecule has 0 N–H and O–H groups in total. The van der Waals surface area contributed by atoms with Gasteiger partial charge in [0.05, 0.1) is 13.2 Å². The van der Waals surface area contributed by atoms with Crippen molar-refractivity contribution in [2.45, 2.75) is 13.0 Å². The Hall–Kier alpha value is -2.63. The number of carbonyl (C=O) groups excluding carboxylic acids is 1. The number of hydrogen-bond donors (Lipinski definition) is 0. The van der Waals surface area contributed by atoms with Gasteiger partial charge in [0.25, 0.3) is 0 Å². The third-order valence-corrected chi connectivity index (χ3v) is 5.66. The van der Waals surface area contributed by atoms with Crippen molar-refractivity contribution in [3.05, 3.63) is 72.3 Å². The zero-order valence-electron chi connectivity index (χ0n) is 16.9. The van der Waals surface area contributed by atoms with Gasteiger partial charge in [0, 0.05) is 51.4 Å². The molecule has 29 heavy (non-hydrogen) atoms. The van der Waals surface area contributed by atoms with E-state index in [4.69, 9.17) is 4.74 Å². The number of rotatable bonds is 7. The van der Waals surface area contributed by atoms with Crippen LogP contribution in [0.5, 0.6) is 5.75 Å². The van der Waals surface area contributed by atoms with E-state index < -0.39 is 0 Å². The first kappa shape index (κ1) is 19.7. The van der Waals surface area contributed by atoms with Crippen molar-refractivity contribution in [3.8, 4) is 5.75 Å². The standard InChI is InChI=1S/C24H29N3O2/c1-2-11-27(22-6-4-3-5-7-22)24(28)19-26-14-12-25(13-15-26)18-20-8-9-23-21(17-20)10-16-29-23/h2-9,17H,1,10-16,18-19H2. The lowest BCUT2D eigenvalue weighted by Crippen LogP contribution is -2.49. The number of nitrogens with zero attached hydrogens (tertiary/aromatic N) is 3. The van der Waals surface area contributed by atoms with Crippen LogP contribution in [-0.2, 0) is 17.8 Å². The highest BCUT2D eigenvalue weighted by Crippen LogP contribution is 2.26. The Balaban J connectivity index is 1.29. The van der Waals surface area contributed by atoms with E-state index in [0.717, 1.165) is 57.2 Å². The van der Waals surface area contributed by atoms with E-state index in [1.54, 1.807) is 6.08 Å². The van der Waals surface area contributed by atoms with Gasteiger partial charge in [-0.25, -0.2) is 0 Å². The van der Waals surface area contributed by atoms with E-state index in [1.165, 1.54) is 11.1 Å². The quantitative estimate of drug-likeness (QED) is 0.680. The van der Waals surface area contributed by atoms with Crippen molar-refractivity contribution in [2.75, 3.05) is 50.8 Å². The van der Waals surface area contributed by atoms with Crippen LogP contribution in [0.25, 0.3) is 0 Å². The van der Waals surface area contributed by atoms with E-state index >= 15 is 0 Å². The third-order valence-electron chi connectivity index (χ3n) is 5.66. The number of benzene rings is 2. The maximum Gasteiger partial charge on any atom is 0.241 e. The number of hydrogen-bond acceptors (Lipinski definition) is 4. The van der Waals surface area contributed by atoms with Gasteiger partial charge < -0.3 is 9.64 Å². The van der Waals surface area contributed by atoms with Crippen LogP contribution in [0.4, 0.5) is 5.69 Å². The SMILES string of the molecule is C=CCN(C(=O)CN1CCN(Cc2ccc3c(c2)CCO3)CC1)c1ccccc1. The van der Waals surface area contributed by atoms with Crippen LogP contribution in [0.3, 0.4) is 0 Å². The average molecular weight is 392 g/mol. The summed E-state index contributed by atoms with van der Waals surface area (Å²) in [4.78, 5) is 19.4. The Kier molecular flexibility index (Phi) is 6.27. The first-order chi connectivity index (χ1) is 14.2.